The molecule has 7 nitrogen and oxygen atoms in total. The summed E-state index contributed by atoms with van der Waals surface area (Å²) in [6, 6.07) is 13.6. The van der Waals surface area contributed by atoms with E-state index in [2.05, 4.69) is 21.3 Å². The van der Waals surface area contributed by atoms with Gasteiger partial charge in [-0.2, -0.15) is 0 Å². The molecule has 0 saturated carbocycles. The van der Waals surface area contributed by atoms with Gasteiger partial charge in [-0.15, -0.1) is 0 Å². The monoisotopic (exact) mass is 489 g/mol. The van der Waals surface area contributed by atoms with Crippen molar-refractivity contribution in [2.75, 3.05) is 25.0 Å². The number of nitrogens with one attached hydrogen (secondary N) is 1. The lowest BCUT2D eigenvalue weighted by molar-refractivity contribution is 0.449. The number of phenolic OH excluding ortho intramolecular Hbond substituents is 1. The lowest BCUT2D eigenvalue weighted by atomic mass is 9.97. The number of anilines is 1. The molecule has 1 fully saturated rings. The highest BCUT2D eigenvalue weighted by molar-refractivity contribution is 6.32. The average Bonchev–Trinajstić information content (AvgIpc) is 3.22. The molecule has 0 unspecified atom stereocenters. The summed E-state index contributed by atoms with van der Waals surface area (Å²) < 4.78 is 2.99. The number of aromatic nitrogens is 3. The van der Waals surface area contributed by atoms with Gasteiger partial charge in [0.15, 0.2) is 0 Å². The molecule has 8 heteroatoms. The lowest BCUT2D eigenvalue weighted by Crippen LogP contribution is -2.44. The van der Waals surface area contributed by atoms with Crippen LogP contribution in [0.25, 0.3) is 27.9 Å². The Morgan fingerprint density at radius 3 is 2.60 bits per heavy atom. The fraction of sp³-hybridized carbons (Fsp3) is 0.259. The van der Waals surface area contributed by atoms with Gasteiger partial charge in [0.1, 0.15) is 5.75 Å². The van der Waals surface area contributed by atoms with Gasteiger partial charge >= 0.3 is 5.69 Å². The third-order valence-corrected chi connectivity index (χ3v) is 7.03. The quantitative estimate of drug-likeness (QED) is 0.433. The second kappa shape index (κ2) is 9.60. The van der Waals surface area contributed by atoms with Crippen molar-refractivity contribution in [2.24, 2.45) is 7.05 Å². The van der Waals surface area contributed by atoms with E-state index in [1.165, 1.54) is 15.6 Å². The Hall–Kier alpha value is -3.55. The van der Waals surface area contributed by atoms with E-state index in [0.717, 1.165) is 36.3 Å². The first kappa shape index (κ1) is 23.2. The molecule has 3 heterocycles. The Labute approximate surface area is 209 Å². The average molecular weight is 490 g/mol. The Morgan fingerprint density at radius 2 is 1.89 bits per heavy atom. The first-order valence-electron chi connectivity index (χ1n) is 11.7. The largest absolute Gasteiger partial charge is 0.507 e. The predicted molar refractivity (Wildman–Crippen MR) is 141 cm³/mol. The number of piperidine rings is 1. The van der Waals surface area contributed by atoms with Crippen molar-refractivity contribution in [2.45, 2.75) is 18.9 Å². The van der Waals surface area contributed by atoms with Gasteiger partial charge in [0.25, 0.3) is 0 Å². The summed E-state index contributed by atoms with van der Waals surface area (Å²) in [5, 5.41) is 15.0. The minimum absolute atomic E-state index is 0.166. The van der Waals surface area contributed by atoms with Crippen LogP contribution in [0.1, 0.15) is 12.8 Å². The summed E-state index contributed by atoms with van der Waals surface area (Å²) in [5.41, 5.74) is 4.45. The second-order valence-electron chi connectivity index (χ2n) is 8.94. The number of pyridine rings is 1. The van der Waals surface area contributed by atoms with Gasteiger partial charge in [-0.3, -0.25) is 9.55 Å². The number of aromatic hydroxyl groups is 1. The summed E-state index contributed by atoms with van der Waals surface area (Å²) in [6.07, 6.45) is 9.33. The fourth-order valence-corrected chi connectivity index (χ4v) is 4.99. The van der Waals surface area contributed by atoms with Gasteiger partial charge in [0.2, 0.25) is 0 Å². The van der Waals surface area contributed by atoms with E-state index >= 15 is 0 Å². The number of likely N-dealkylation sites (N-methyl/N-ethyl adjacent to an activating group) is 1. The van der Waals surface area contributed by atoms with E-state index in [1.54, 1.807) is 37.8 Å². The standard InChI is InChI=1S/C27H28ClN5O2/c1-29-20-5-4-10-32(17-20)21-13-19(15-30-16-21)23-7-3-6-22(26(23)34)18-8-9-25(24(28)14-18)33-12-11-31(2)27(33)35/h3,6-9,11-16,20,29,34H,4-5,10,17H2,1-2H3/t20-/m0/s1. The third kappa shape index (κ3) is 4.45. The van der Waals surface area contributed by atoms with Gasteiger partial charge in [-0.05, 0) is 43.7 Å². The zero-order valence-electron chi connectivity index (χ0n) is 19.8. The van der Waals surface area contributed by atoms with Crippen LogP contribution in [0, 0.1) is 0 Å². The van der Waals surface area contributed by atoms with E-state index in [9.17, 15) is 9.90 Å². The molecule has 0 spiro atoms. The van der Waals surface area contributed by atoms with E-state index in [1.807, 2.05) is 37.5 Å². The van der Waals surface area contributed by atoms with Crippen LogP contribution in [0.2, 0.25) is 5.02 Å². The van der Waals surface area contributed by atoms with Crippen molar-refractivity contribution < 1.29 is 5.11 Å². The summed E-state index contributed by atoms with van der Waals surface area (Å²) in [6.45, 7) is 1.92. The number of hydrogen-bond donors (Lipinski definition) is 2. The van der Waals surface area contributed by atoms with Crippen LogP contribution in [-0.2, 0) is 7.05 Å². The zero-order valence-corrected chi connectivity index (χ0v) is 20.5. The number of hydrogen-bond acceptors (Lipinski definition) is 5. The SMILES string of the molecule is CN[C@H]1CCCN(c2cncc(-c3cccc(-c4ccc(-n5ccn(C)c5=O)c(Cl)c4)c3O)c2)C1. The van der Waals surface area contributed by atoms with Crippen molar-refractivity contribution in [3.63, 3.8) is 0 Å². The number of aryl methyl sites for hydroxylation is 1. The maximum Gasteiger partial charge on any atom is 0.332 e. The van der Waals surface area contributed by atoms with E-state index in [0.29, 0.717) is 27.9 Å². The number of para-hydroxylation sites is 1. The maximum absolute atomic E-state index is 12.3. The van der Waals surface area contributed by atoms with Crippen LogP contribution in [0.15, 0.2) is 72.0 Å². The zero-order chi connectivity index (χ0) is 24.5. The molecular formula is C27H28ClN5O2. The highest BCUT2D eigenvalue weighted by Crippen LogP contribution is 2.40. The molecule has 0 radical (unpaired) electrons. The summed E-state index contributed by atoms with van der Waals surface area (Å²) in [4.78, 5) is 19.1. The van der Waals surface area contributed by atoms with Crippen LogP contribution in [0.3, 0.4) is 0 Å². The van der Waals surface area contributed by atoms with E-state index in [-0.39, 0.29) is 11.4 Å². The molecule has 2 N–H and O–H groups in total. The van der Waals surface area contributed by atoms with Crippen molar-refractivity contribution >= 4 is 17.3 Å². The topological polar surface area (TPSA) is 75.3 Å². The van der Waals surface area contributed by atoms with Crippen molar-refractivity contribution in [3.05, 3.63) is 82.8 Å². The second-order valence-corrected chi connectivity index (χ2v) is 9.34. The van der Waals surface area contributed by atoms with Crippen LogP contribution in [-0.4, -0.2) is 45.4 Å². The summed E-state index contributed by atoms with van der Waals surface area (Å²) in [5.74, 6) is 0.166. The highest BCUT2D eigenvalue weighted by atomic mass is 35.5. The molecule has 1 atom stereocenters. The summed E-state index contributed by atoms with van der Waals surface area (Å²) >= 11 is 6.56. The van der Waals surface area contributed by atoms with Gasteiger partial charge < -0.3 is 19.9 Å². The van der Waals surface area contributed by atoms with Crippen molar-refractivity contribution in [1.82, 2.24) is 19.4 Å². The van der Waals surface area contributed by atoms with Gasteiger partial charge in [0, 0.05) is 61.5 Å². The van der Waals surface area contributed by atoms with Gasteiger partial charge in [-0.25, -0.2) is 4.79 Å². The molecule has 0 amide bonds. The Balaban J connectivity index is 1.49. The lowest BCUT2D eigenvalue weighted by Gasteiger charge is -2.34. The van der Waals surface area contributed by atoms with Crippen LogP contribution < -0.4 is 15.9 Å². The number of benzene rings is 2. The Bertz CT molecular complexity index is 1430. The summed E-state index contributed by atoms with van der Waals surface area (Å²) in [7, 11) is 3.70. The minimum Gasteiger partial charge on any atom is -0.507 e. The van der Waals surface area contributed by atoms with Crippen molar-refractivity contribution in [1.29, 1.82) is 0 Å². The molecule has 1 saturated heterocycles. The molecule has 4 aromatic rings. The third-order valence-electron chi connectivity index (χ3n) is 6.73. The normalized spacial score (nSPS) is 16.0. The number of phenols is 1. The van der Waals surface area contributed by atoms with Gasteiger partial charge in [0.05, 0.1) is 22.6 Å². The minimum atomic E-state index is -0.174. The highest BCUT2D eigenvalue weighted by Gasteiger charge is 2.20. The molecule has 1 aliphatic heterocycles. The molecule has 1 aliphatic rings. The molecule has 2 aromatic carbocycles. The first-order valence-corrected chi connectivity index (χ1v) is 12.1. The molecule has 35 heavy (non-hydrogen) atoms. The first-order chi connectivity index (χ1) is 17.0. The predicted octanol–water partition coefficient (Wildman–Crippen LogP) is 4.45. The van der Waals surface area contributed by atoms with Crippen LogP contribution in [0.5, 0.6) is 5.75 Å². The van der Waals surface area contributed by atoms with E-state index < -0.39 is 0 Å². The number of rotatable bonds is 5. The molecule has 0 aliphatic carbocycles. The van der Waals surface area contributed by atoms with Crippen molar-refractivity contribution in [3.8, 4) is 33.7 Å². The van der Waals surface area contributed by atoms with Crippen LogP contribution >= 0.6 is 11.6 Å². The smallest absolute Gasteiger partial charge is 0.332 e. The van der Waals surface area contributed by atoms with E-state index in [4.69, 9.17) is 11.6 Å². The number of nitrogens with zero attached hydrogens (tertiary/aromatic N) is 4. The van der Waals surface area contributed by atoms with Gasteiger partial charge in [-0.1, -0.05) is 35.9 Å². The molecule has 5 rings (SSSR count). The number of imidazole rings is 1. The molecule has 2 aromatic heterocycles. The number of halogens is 1. The Kier molecular flexibility index (Phi) is 6.36. The fourth-order valence-electron chi connectivity index (χ4n) is 4.72. The maximum atomic E-state index is 12.3. The molecule has 0 bridgehead atoms. The van der Waals surface area contributed by atoms with Crippen LogP contribution in [0.4, 0.5) is 5.69 Å². The Morgan fingerprint density at radius 1 is 1.09 bits per heavy atom. The molecular weight excluding hydrogens is 462 g/mol. The molecule has 180 valence electrons.